The van der Waals surface area contributed by atoms with Crippen molar-refractivity contribution in [2.45, 2.75) is 13.5 Å². The van der Waals surface area contributed by atoms with E-state index in [1.165, 1.54) is 18.3 Å². The van der Waals surface area contributed by atoms with Crippen molar-refractivity contribution < 1.29 is 23.9 Å². The van der Waals surface area contributed by atoms with Crippen LogP contribution in [-0.2, 0) is 11.3 Å². The quantitative estimate of drug-likeness (QED) is 0.541. The molecule has 0 spiro atoms. The predicted octanol–water partition coefficient (Wildman–Crippen LogP) is 2.19. The predicted molar refractivity (Wildman–Crippen MR) is 94.9 cm³/mol. The Balaban J connectivity index is 1.64. The number of carbonyl (C=O) groups is 1. The van der Waals surface area contributed by atoms with Gasteiger partial charge in [-0.05, 0) is 46.7 Å². The Hall–Kier alpha value is -3.36. The average molecular weight is 373 g/mol. The highest BCUT2D eigenvalue weighted by Gasteiger charge is 2.20. The van der Waals surface area contributed by atoms with E-state index < -0.39 is 10.7 Å². The average Bonchev–Trinajstić information content (AvgIpc) is 2.70. The number of hydrogen-bond donors (Lipinski definition) is 0. The number of rotatable bonds is 7. The molecule has 0 fully saturated rings. The van der Waals surface area contributed by atoms with Crippen LogP contribution in [-0.4, -0.2) is 47.1 Å². The summed E-state index contributed by atoms with van der Waals surface area (Å²) in [6.45, 7) is 3.37. The number of carbonyl (C=O) groups excluding carboxylic acids is 1. The first-order valence-electron chi connectivity index (χ1n) is 8.47. The summed E-state index contributed by atoms with van der Waals surface area (Å²) in [5, 5.41) is 11.0. The van der Waals surface area contributed by atoms with E-state index in [4.69, 9.17) is 14.2 Å². The number of ether oxygens (including phenoxy) is 3. The van der Waals surface area contributed by atoms with Gasteiger partial charge in [-0.2, -0.15) is 0 Å². The van der Waals surface area contributed by atoms with Gasteiger partial charge in [0.05, 0.1) is 0 Å². The maximum atomic E-state index is 12.5. The molecule has 0 radical (unpaired) electrons. The van der Waals surface area contributed by atoms with Crippen molar-refractivity contribution in [1.82, 2.24) is 9.88 Å². The highest BCUT2D eigenvalue weighted by molar-refractivity contribution is 5.77. The SMILES string of the molecule is CCN(Cc1ccc2c(c1)OCCO2)C(=O)COc1cccnc1[N+](=O)[O-]. The van der Waals surface area contributed by atoms with Crippen LogP contribution in [0.25, 0.3) is 0 Å². The molecule has 1 aromatic heterocycles. The number of amides is 1. The van der Waals surface area contributed by atoms with E-state index in [1.807, 2.05) is 25.1 Å². The summed E-state index contributed by atoms with van der Waals surface area (Å²) in [6, 6.07) is 8.46. The van der Waals surface area contributed by atoms with Gasteiger partial charge in [-0.15, -0.1) is 0 Å². The highest BCUT2D eigenvalue weighted by Crippen LogP contribution is 2.31. The third-order valence-corrected chi connectivity index (χ3v) is 3.99. The largest absolute Gasteiger partial charge is 0.486 e. The molecule has 0 atom stereocenters. The highest BCUT2D eigenvalue weighted by atomic mass is 16.6. The first kappa shape index (κ1) is 18.4. The molecule has 0 saturated heterocycles. The number of nitro groups is 1. The number of aromatic nitrogens is 1. The lowest BCUT2D eigenvalue weighted by molar-refractivity contribution is -0.390. The fourth-order valence-electron chi connectivity index (χ4n) is 2.65. The molecule has 27 heavy (non-hydrogen) atoms. The normalized spacial score (nSPS) is 12.3. The minimum absolute atomic E-state index is 0.0359. The monoisotopic (exact) mass is 373 g/mol. The standard InChI is InChI=1S/C18H19N3O6/c1-2-20(11-13-5-6-14-16(10-13)26-9-8-25-14)17(22)12-27-15-4-3-7-19-18(15)21(23)24/h3-7,10H,2,8-9,11-12H2,1H3. The summed E-state index contributed by atoms with van der Waals surface area (Å²) in [4.78, 5) is 28.0. The summed E-state index contributed by atoms with van der Waals surface area (Å²) in [6.07, 6.45) is 1.30. The summed E-state index contributed by atoms with van der Waals surface area (Å²) < 4.78 is 16.4. The lowest BCUT2D eigenvalue weighted by Crippen LogP contribution is -2.34. The third kappa shape index (κ3) is 4.43. The van der Waals surface area contributed by atoms with Gasteiger partial charge in [0.25, 0.3) is 5.91 Å². The summed E-state index contributed by atoms with van der Waals surface area (Å²) >= 11 is 0. The molecular formula is C18H19N3O6. The van der Waals surface area contributed by atoms with Gasteiger partial charge in [0.15, 0.2) is 18.1 Å². The Morgan fingerprint density at radius 1 is 1.30 bits per heavy atom. The number of pyridine rings is 1. The van der Waals surface area contributed by atoms with Gasteiger partial charge in [0.2, 0.25) is 5.75 Å². The molecule has 0 unspecified atom stereocenters. The fourth-order valence-corrected chi connectivity index (χ4v) is 2.65. The molecule has 2 aromatic rings. The minimum atomic E-state index is -0.646. The lowest BCUT2D eigenvalue weighted by atomic mass is 10.1. The molecule has 1 aromatic carbocycles. The van der Waals surface area contributed by atoms with Crippen LogP contribution in [0.5, 0.6) is 17.2 Å². The number of benzene rings is 1. The first-order valence-corrected chi connectivity index (χ1v) is 8.47. The lowest BCUT2D eigenvalue weighted by Gasteiger charge is -2.23. The summed E-state index contributed by atoms with van der Waals surface area (Å²) in [5.41, 5.74) is 0.891. The van der Waals surface area contributed by atoms with Crippen LogP contribution in [0.15, 0.2) is 36.5 Å². The number of nitrogens with zero attached hydrogens (tertiary/aromatic N) is 3. The van der Waals surface area contributed by atoms with Crippen LogP contribution in [0.4, 0.5) is 5.82 Å². The summed E-state index contributed by atoms with van der Waals surface area (Å²) in [5.74, 6) is 0.605. The zero-order chi connectivity index (χ0) is 19.2. The molecule has 0 aliphatic carbocycles. The van der Waals surface area contributed by atoms with Gasteiger partial charge in [0.1, 0.15) is 19.4 Å². The molecule has 0 N–H and O–H groups in total. The molecule has 9 heteroatoms. The molecule has 1 aliphatic heterocycles. The van der Waals surface area contributed by atoms with Gasteiger partial charge in [0, 0.05) is 13.1 Å². The molecule has 1 amide bonds. The zero-order valence-corrected chi connectivity index (χ0v) is 14.8. The van der Waals surface area contributed by atoms with E-state index in [0.717, 1.165) is 5.56 Å². The molecule has 0 saturated carbocycles. The van der Waals surface area contributed by atoms with Crippen LogP contribution in [0.2, 0.25) is 0 Å². The Kier molecular flexibility index (Phi) is 5.70. The minimum Gasteiger partial charge on any atom is -0.486 e. The second-order valence-corrected chi connectivity index (χ2v) is 5.76. The third-order valence-electron chi connectivity index (χ3n) is 3.99. The second kappa shape index (κ2) is 8.35. The van der Waals surface area contributed by atoms with Gasteiger partial charge in [-0.3, -0.25) is 4.79 Å². The first-order chi connectivity index (χ1) is 13.1. The molecule has 0 bridgehead atoms. The Morgan fingerprint density at radius 2 is 2.07 bits per heavy atom. The van der Waals surface area contributed by atoms with Gasteiger partial charge in [-0.1, -0.05) is 6.07 Å². The molecule has 1 aliphatic rings. The van der Waals surface area contributed by atoms with E-state index in [1.54, 1.807) is 4.90 Å². The van der Waals surface area contributed by atoms with E-state index >= 15 is 0 Å². The van der Waals surface area contributed by atoms with Crippen LogP contribution < -0.4 is 14.2 Å². The van der Waals surface area contributed by atoms with Crippen LogP contribution in [0.3, 0.4) is 0 Å². The maximum absolute atomic E-state index is 12.5. The van der Waals surface area contributed by atoms with Gasteiger partial charge >= 0.3 is 5.82 Å². The maximum Gasteiger partial charge on any atom is 0.406 e. The number of fused-ring (bicyclic) bond motifs is 1. The topological polar surface area (TPSA) is 104 Å². The van der Waals surface area contributed by atoms with Crippen molar-refractivity contribution in [3.8, 4) is 17.2 Å². The van der Waals surface area contributed by atoms with Crippen molar-refractivity contribution in [3.05, 3.63) is 52.2 Å². The van der Waals surface area contributed by atoms with Crippen LogP contribution in [0, 0.1) is 10.1 Å². The smallest absolute Gasteiger partial charge is 0.406 e. The molecule has 2 heterocycles. The van der Waals surface area contributed by atoms with E-state index in [2.05, 4.69) is 4.98 Å². The van der Waals surface area contributed by atoms with Gasteiger partial charge < -0.3 is 29.2 Å². The Morgan fingerprint density at radius 3 is 2.81 bits per heavy atom. The van der Waals surface area contributed by atoms with Crippen molar-refractivity contribution in [1.29, 1.82) is 0 Å². The Bertz CT molecular complexity index is 842. The van der Waals surface area contributed by atoms with Gasteiger partial charge in [-0.25, -0.2) is 0 Å². The molecule has 9 nitrogen and oxygen atoms in total. The molecule has 3 rings (SSSR count). The van der Waals surface area contributed by atoms with Crippen molar-refractivity contribution >= 4 is 11.7 Å². The number of likely N-dealkylation sites (N-methyl/N-ethyl adjacent to an activating group) is 1. The Labute approximate surface area is 155 Å². The zero-order valence-electron chi connectivity index (χ0n) is 14.8. The van der Waals surface area contributed by atoms with Crippen LogP contribution in [0.1, 0.15) is 12.5 Å². The second-order valence-electron chi connectivity index (χ2n) is 5.76. The van der Waals surface area contributed by atoms with Crippen molar-refractivity contribution in [3.63, 3.8) is 0 Å². The number of hydrogen-bond acceptors (Lipinski definition) is 7. The van der Waals surface area contributed by atoms with E-state index in [9.17, 15) is 14.9 Å². The van der Waals surface area contributed by atoms with E-state index in [-0.39, 0.29) is 18.3 Å². The molecular weight excluding hydrogens is 354 g/mol. The van der Waals surface area contributed by atoms with Crippen molar-refractivity contribution in [2.75, 3.05) is 26.4 Å². The molecule has 142 valence electrons. The van der Waals surface area contributed by atoms with E-state index in [0.29, 0.717) is 37.8 Å². The van der Waals surface area contributed by atoms with Crippen molar-refractivity contribution in [2.24, 2.45) is 0 Å². The fraction of sp³-hybridized carbons (Fsp3) is 0.333. The summed E-state index contributed by atoms with van der Waals surface area (Å²) in [7, 11) is 0. The van der Waals surface area contributed by atoms with Crippen LogP contribution >= 0.6 is 0 Å².